The molecule has 0 bridgehead atoms. The number of fused-ring (bicyclic) bond motifs is 1. The van der Waals surface area contributed by atoms with E-state index in [0.717, 1.165) is 26.6 Å². The van der Waals surface area contributed by atoms with Gasteiger partial charge in [-0.25, -0.2) is 0 Å². The maximum Gasteiger partial charge on any atom is 0.279 e. The van der Waals surface area contributed by atoms with Crippen LogP contribution >= 0.6 is 15.9 Å². The van der Waals surface area contributed by atoms with Crippen molar-refractivity contribution in [2.75, 3.05) is 0 Å². The van der Waals surface area contributed by atoms with E-state index >= 15 is 0 Å². The minimum absolute atomic E-state index is 0.0945. The van der Waals surface area contributed by atoms with Crippen LogP contribution in [0.25, 0.3) is 11.0 Å². The van der Waals surface area contributed by atoms with Gasteiger partial charge in [-0.2, -0.15) is 0 Å². The second kappa shape index (κ2) is 8.26. The average Bonchev–Trinajstić information content (AvgIpc) is 3.01. The Hall–Kier alpha value is -2.80. The Kier molecular flexibility index (Phi) is 5.81. The number of furan rings is 1. The summed E-state index contributed by atoms with van der Waals surface area (Å²) in [5, 5.41) is 0.883. The first-order valence-electron chi connectivity index (χ1n) is 8.40. The zero-order valence-corrected chi connectivity index (χ0v) is 16.5. The van der Waals surface area contributed by atoms with Crippen molar-refractivity contribution >= 4 is 38.7 Å². The minimum atomic E-state index is -0.766. The predicted octanol–water partition coefficient (Wildman–Crippen LogP) is 3.66. The fourth-order valence-corrected chi connectivity index (χ4v) is 2.95. The van der Waals surface area contributed by atoms with Crippen LogP contribution in [-0.2, 0) is 16.0 Å². The van der Waals surface area contributed by atoms with Crippen molar-refractivity contribution in [3.8, 4) is 5.75 Å². The summed E-state index contributed by atoms with van der Waals surface area (Å²) in [7, 11) is 0. The van der Waals surface area contributed by atoms with Crippen LogP contribution in [0.2, 0.25) is 0 Å². The van der Waals surface area contributed by atoms with Crippen LogP contribution in [0.5, 0.6) is 5.75 Å². The molecule has 0 aliphatic carbocycles. The fraction of sp³-hybridized carbons (Fsp3) is 0.200. The summed E-state index contributed by atoms with van der Waals surface area (Å²) in [6.45, 7) is 3.58. The molecule has 0 fully saturated rings. The van der Waals surface area contributed by atoms with Gasteiger partial charge in [-0.05, 0) is 43.7 Å². The third-order valence-electron chi connectivity index (χ3n) is 3.97. The highest BCUT2D eigenvalue weighted by atomic mass is 79.9. The SMILES string of the molecule is Cc1ccc2c(CC(=O)NNC(=O)C(C)Oc3cccc(Br)c3)coc2c1. The quantitative estimate of drug-likeness (QED) is 0.605. The number of benzene rings is 2. The molecule has 2 N–H and O–H groups in total. The molecule has 140 valence electrons. The van der Waals surface area contributed by atoms with E-state index in [9.17, 15) is 9.59 Å². The molecule has 0 aliphatic heterocycles. The Balaban J connectivity index is 1.52. The van der Waals surface area contributed by atoms with Crippen LogP contribution < -0.4 is 15.6 Å². The Morgan fingerprint density at radius 1 is 1.19 bits per heavy atom. The summed E-state index contributed by atoms with van der Waals surface area (Å²) < 4.78 is 11.9. The van der Waals surface area contributed by atoms with Crippen LogP contribution in [0.4, 0.5) is 0 Å². The van der Waals surface area contributed by atoms with Gasteiger partial charge in [-0.3, -0.25) is 20.4 Å². The Labute approximate surface area is 165 Å². The maximum absolute atomic E-state index is 12.1. The lowest BCUT2D eigenvalue weighted by Crippen LogP contribution is -2.47. The number of hydrogen-bond acceptors (Lipinski definition) is 4. The van der Waals surface area contributed by atoms with Gasteiger partial charge in [-0.1, -0.05) is 34.1 Å². The van der Waals surface area contributed by atoms with Crippen LogP contribution in [0.3, 0.4) is 0 Å². The number of carbonyl (C=O) groups is 2. The highest BCUT2D eigenvalue weighted by molar-refractivity contribution is 9.10. The third kappa shape index (κ3) is 4.89. The van der Waals surface area contributed by atoms with E-state index in [1.54, 1.807) is 25.3 Å². The lowest BCUT2D eigenvalue weighted by molar-refractivity contribution is -0.132. The van der Waals surface area contributed by atoms with Gasteiger partial charge >= 0.3 is 0 Å². The van der Waals surface area contributed by atoms with Gasteiger partial charge in [0.2, 0.25) is 5.91 Å². The molecule has 1 unspecified atom stereocenters. The summed E-state index contributed by atoms with van der Waals surface area (Å²) in [5.74, 6) is -0.240. The second-order valence-corrected chi connectivity index (χ2v) is 7.11. The van der Waals surface area contributed by atoms with Crippen molar-refractivity contribution in [2.24, 2.45) is 0 Å². The number of hydrazine groups is 1. The van der Waals surface area contributed by atoms with Crippen molar-refractivity contribution in [3.05, 3.63) is 64.3 Å². The van der Waals surface area contributed by atoms with E-state index < -0.39 is 12.0 Å². The predicted molar refractivity (Wildman–Crippen MR) is 105 cm³/mol. The number of aryl methyl sites for hydroxylation is 1. The Morgan fingerprint density at radius 3 is 2.78 bits per heavy atom. The standard InChI is InChI=1S/C20H19BrN2O4/c1-12-6-7-17-14(11-26-18(17)8-12)9-19(24)22-23-20(25)13(2)27-16-5-3-4-15(21)10-16/h3-8,10-11,13H,9H2,1-2H3,(H,22,24)(H,23,25). The van der Waals surface area contributed by atoms with E-state index in [4.69, 9.17) is 9.15 Å². The number of amides is 2. The molecule has 6 nitrogen and oxygen atoms in total. The number of carbonyl (C=O) groups excluding carboxylic acids is 2. The number of hydrogen-bond donors (Lipinski definition) is 2. The normalized spacial score (nSPS) is 11.8. The number of nitrogens with one attached hydrogen (secondary N) is 2. The van der Waals surface area contributed by atoms with Crippen LogP contribution in [-0.4, -0.2) is 17.9 Å². The summed E-state index contributed by atoms with van der Waals surface area (Å²) in [4.78, 5) is 24.2. The van der Waals surface area contributed by atoms with E-state index in [0.29, 0.717) is 5.75 Å². The third-order valence-corrected chi connectivity index (χ3v) is 4.46. The van der Waals surface area contributed by atoms with E-state index in [1.807, 2.05) is 37.3 Å². The molecule has 0 saturated carbocycles. The zero-order chi connectivity index (χ0) is 19.4. The average molecular weight is 431 g/mol. The second-order valence-electron chi connectivity index (χ2n) is 6.19. The van der Waals surface area contributed by atoms with Crippen LogP contribution in [0.1, 0.15) is 18.1 Å². The molecule has 0 aliphatic rings. The van der Waals surface area contributed by atoms with Gasteiger partial charge in [0.15, 0.2) is 6.10 Å². The molecule has 1 atom stereocenters. The Morgan fingerprint density at radius 2 is 2.00 bits per heavy atom. The monoisotopic (exact) mass is 430 g/mol. The van der Waals surface area contributed by atoms with E-state index in [2.05, 4.69) is 26.8 Å². The van der Waals surface area contributed by atoms with Gasteiger partial charge < -0.3 is 9.15 Å². The van der Waals surface area contributed by atoms with Gasteiger partial charge in [0, 0.05) is 15.4 Å². The molecular weight excluding hydrogens is 412 g/mol. The summed E-state index contributed by atoms with van der Waals surface area (Å²) >= 11 is 3.34. The van der Waals surface area contributed by atoms with Crippen molar-refractivity contribution in [2.45, 2.75) is 26.4 Å². The summed E-state index contributed by atoms with van der Waals surface area (Å²) in [5.41, 5.74) is 7.36. The summed E-state index contributed by atoms with van der Waals surface area (Å²) in [6.07, 6.45) is 0.888. The number of halogens is 1. The van der Waals surface area contributed by atoms with Gasteiger partial charge in [0.25, 0.3) is 5.91 Å². The van der Waals surface area contributed by atoms with Crippen LogP contribution in [0, 0.1) is 6.92 Å². The molecule has 1 heterocycles. The van der Waals surface area contributed by atoms with E-state index in [-0.39, 0.29) is 12.3 Å². The van der Waals surface area contributed by atoms with Gasteiger partial charge in [-0.15, -0.1) is 0 Å². The van der Waals surface area contributed by atoms with Crippen molar-refractivity contribution in [1.29, 1.82) is 0 Å². The fourth-order valence-electron chi connectivity index (χ4n) is 2.58. The summed E-state index contributed by atoms with van der Waals surface area (Å²) in [6, 6.07) is 13.0. The molecule has 2 amide bonds. The number of rotatable bonds is 5. The molecule has 7 heteroatoms. The highest BCUT2D eigenvalue weighted by Gasteiger charge is 2.16. The van der Waals surface area contributed by atoms with Crippen molar-refractivity contribution < 1.29 is 18.7 Å². The topological polar surface area (TPSA) is 80.6 Å². The van der Waals surface area contributed by atoms with Crippen LogP contribution in [0.15, 0.2) is 57.6 Å². The smallest absolute Gasteiger partial charge is 0.279 e. The molecular formula is C20H19BrN2O4. The molecule has 0 radical (unpaired) electrons. The van der Waals surface area contributed by atoms with Gasteiger partial charge in [0.05, 0.1) is 12.7 Å². The molecule has 3 aromatic rings. The lowest BCUT2D eigenvalue weighted by Gasteiger charge is -2.15. The lowest BCUT2D eigenvalue weighted by atomic mass is 10.1. The molecule has 1 aromatic heterocycles. The Bertz CT molecular complexity index is 983. The van der Waals surface area contributed by atoms with E-state index in [1.165, 1.54) is 0 Å². The minimum Gasteiger partial charge on any atom is -0.481 e. The molecule has 27 heavy (non-hydrogen) atoms. The van der Waals surface area contributed by atoms with Crippen molar-refractivity contribution in [1.82, 2.24) is 10.9 Å². The number of ether oxygens (including phenoxy) is 1. The molecule has 0 spiro atoms. The van der Waals surface area contributed by atoms with Crippen molar-refractivity contribution in [3.63, 3.8) is 0 Å². The van der Waals surface area contributed by atoms with Gasteiger partial charge in [0.1, 0.15) is 11.3 Å². The zero-order valence-electron chi connectivity index (χ0n) is 14.9. The first kappa shape index (κ1) is 19.0. The largest absolute Gasteiger partial charge is 0.481 e. The maximum atomic E-state index is 12.1. The molecule has 0 saturated heterocycles. The first-order chi connectivity index (χ1) is 12.9. The molecule has 2 aromatic carbocycles. The first-order valence-corrected chi connectivity index (χ1v) is 9.19. The highest BCUT2D eigenvalue weighted by Crippen LogP contribution is 2.22. The molecule has 3 rings (SSSR count).